The topological polar surface area (TPSA) is 20.3 Å². The Labute approximate surface area is 109 Å². The van der Waals surface area contributed by atoms with Crippen LogP contribution in [0.2, 0.25) is 0 Å². The van der Waals surface area contributed by atoms with Crippen LogP contribution in [-0.4, -0.2) is 17.3 Å². The molecule has 1 aromatic rings. The molecule has 1 amide bonds. The number of halogens is 3. The Balaban J connectivity index is 2.34. The second-order valence-electron chi connectivity index (χ2n) is 3.34. The lowest BCUT2D eigenvalue weighted by atomic mass is 10.3. The van der Waals surface area contributed by atoms with Crippen LogP contribution in [0.25, 0.3) is 0 Å². The molecule has 0 spiro atoms. The highest BCUT2D eigenvalue weighted by molar-refractivity contribution is 14.1. The normalized spacial score (nSPS) is 21.1. The lowest BCUT2D eigenvalue weighted by molar-refractivity contribution is -0.116. The van der Waals surface area contributed by atoms with E-state index >= 15 is 0 Å². The van der Waals surface area contributed by atoms with Crippen molar-refractivity contribution in [3.63, 3.8) is 0 Å². The third-order valence-corrected chi connectivity index (χ3v) is 4.05. The van der Waals surface area contributed by atoms with Gasteiger partial charge in [-0.05, 0) is 47.2 Å². The molecular weight excluding hydrogens is 376 g/mol. The Morgan fingerprint density at radius 3 is 2.80 bits per heavy atom. The van der Waals surface area contributed by atoms with Crippen molar-refractivity contribution in [1.29, 1.82) is 0 Å². The fraction of sp³-hybridized carbons (Fsp3) is 0.300. The van der Waals surface area contributed by atoms with Crippen molar-refractivity contribution in [2.24, 2.45) is 0 Å². The molecule has 2 nitrogen and oxygen atoms in total. The lowest BCUT2D eigenvalue weighted by Gasteiger charge is -2.17. The van der Waals surface area contributed by atoms with Gasteiger partial charge in [-0.25, -0.2) is 4.39 Å². The maximum absolute atomic E-state index is 12.9. The van der Waals surface area contributed by atoms with Crippen molar-refractivity contribution in [1.82, 2.24) is 0 Å². The minimum absolute atomic E-state index is 0.0551. The van der Waals surface area contributed by atoms with Crippen LogP contribution in [0, 0.1) is 9.39 Å². The highest BCUT2D eigenvalue weighted by Gasteiger charge is 2.31. The molecule has 80 valence electrons. The van der Waals surface area contributed by atoms with Gasteiger partial charge in [0.1, 0.15) is 5.82 Å². The first-order valence-corrected chi connectivity index (χ1v) is 6.49. The zero-order valence-electron chi connectivity index (χ0n) is 7.71. The van der Waals surface area contributed by atoms with Crippen molar-refractivity contribution < 1.29 is 9.18 Å². The average molecular weight is 384 g/mol. The number of hydrogen-bond acceptors (Lipinski definition) is 1. The number of nitrogens with zero attached hydrogens (tertiary/aromatic N) is 1. The van der Waals surface area contributed by atoms with Crippen LogP contribution in [0.5, 0.6) is 0 Å². The molecule has 5 heteroatoms. The number of carbonyl (C=O) groups excluding carboxylic acids is 1. The van der Waals surface area contributed by atoms with Gasteiger partial charge in [0.05, 0.1) is 10.5 Å². The van der Waals surface area contributed by atoms with Gasteiger partial charge >= 0.3 is 0 Å². The van der Waals surface area contributed by atoms with Crippen LogP contribution >= 0.6 is 38.5 Å². The number of alkyl halides is 1. The SMILES string of the molecule is O=C1C(Br)CCN1c1ccc(F)cc1I. The molecule has 0 N–H and O–H groups in total. The quantitative estimate of drug-likeness (QED) is 0.539. The summed E-state index contributed by atoms with van der Waals surface area (Å²) in [6.45, 7) is 0.691. The second kappa shape index (κ2) is 4.37. The van der Waals surface area contributed by atoms with E-state index in [0.717, 1.165) is 15.7 Å². The molecule has 0 aromatic heterocycles. The molecule has 1 aliphatic rings. The highest BCUT2D eigenvalue weighted by Crippen LogP contribution is 2.29. The van der Waals surface area contributed by atoms with Crippen LogP contribution < -0.4 is 4.90 Å². The van der Waals surface area contributed by atoms with Crippen LogP contribution in [0.3, 0.4) is 0 Å². The molecule has 1 saturated heterocycles. The number of amides is 1. The Hall–Kier alpha value is -0.170. The Morgan fingerprint density at radius 2 is 2.27 bits per heavy atom. The van der Waals surface area contributed by atoms with Crippen molar-refractivity contribution in [3.8, 4) is 0 Å². The lowest BCUT2D eigenvalue weighted by Crippen LogP contribution is -2.27. The van der Waals surface area contributed by atoms with Gasteiger partial charge in [0.15, 0.2) is 0 Å². The van der Waals surface area contributed by atoms with Gasteiger partial charge in [0.25, 0.3) is 0 Å². The number of carbonyl (C=O) groups is 1. The smallest absolute Gasteiger partial charge is 0.240 e. The molecule has 1 aromatic carbocycles. The van der Waals surface area contributed by atoms with Crippen molar-refractivity contribution in [2.75, 3.05) is 11.4 Å². The van der Waals surface area contributed by atoms with Crippen LogP contribution in [0.15, 0.2) is 18.2 Å². The zero-order chi connectivity index (χ0) is 11.0. The Morgan fingerprint density at radius 1 is 1.53 bits per heavy atom. The van der Waals surface area contributed by atoms with Gasteiger partial charge in [0, 0.05) is 10.1 Å². The molecular formula is C10H8BrFINO. The molecule has 0 aliphatic carbocycles. The van der Waals surface area contributed by atoms with Gasteiger partial charge in [-0.1, -0.05) is 15.9 Å². The zero-order valence-corrected chi connectivity index (χ0v) is 11.5. The summed E-state index contributed by atoms with van der Waals surface area (Å²) in [4.78, 5) is 13.3. The van der Waals surface area contributed by atoms with E-state index in [9.17, 15) is 9.18 Å². The predicted octanol–water partition coefficient (Wildman–Crippen LogP) is 2.93. The van der Waals surface area contributed by atoms with E-state index in [4.69, 9.17) is 0 Å². The van der Waals surface area contributed by atoms with E-state index in [1.54, 1.807) is 11.0 Å². The molecule has 1 aliphatic heterocycles. The summed E-state index contributed by atoms with van der Waals surface area (Å²) in [5.41, 5.74) is 0.795. The highest BCUT2D eigenvalue weighted by atomic mass is 127. The van der Waals surface area contributed by atoms with Gasteiger partial charge in [0.2, 0.25) is 5.91 Å². The summed E-state index contributed by atoms with van der Waals surface area (Å²) in [6, 6.07) is 4.47. The molecule has 2 rings (SSSR count). The molecule has 0 saturated carbocycles. The fourth-order valence-electron chi connectivity index (χ4n) is 1.58. The Bertz CT molecular complexity index is 412. The largest absolute Gasteiger partial charge is 0.310 e. The first-order valence-electron chi connectivity index (χ1n) is 4.50. The van der Waals surface area contributed by atoms with Crippen LogP contribution in [0.4, 0.5) is 10.1 Å². The molecule has 1 unspecified atom stereocenters. The van der Waals surface area contributed by atoms with Crippen molar-refractivity contribution in [3.05, 3.63) is 27.6 Å². The maximum Gasteiger partial charge on any atom is 0.240 e. The summed E-state index contributed by atoms with van der Waals surface area (Å²) in [5, 5.41) is 0. The summed E-state index contributed by atoms with van der Waals surface area (Å²) < 4.78 is 13.7. The minimum Gasteiger partial charge on any atom is -0.310 e. The van der Waals surface area contributed by atoms with E-state index in [1.165, 1.54) is 12.1 Å². The van der Waals surface area contributed by atoms with Gasteiger partial charge in [-0.2, -0.15) is 0 Å². The van der Waals surface area contributed by atoms with Crippen LogP contribution in [-0.2, 0) is 4.79 Å². The fourth-order valence-corrected chi connectivity index (χ4v) is 2.80. The first-order chi connectivity index (χ1) is 7.09. The number of hydrogen-bond donors (Lipinski definition) is 0. The third kappa shape index (κ3) is 2.18. The molecule has 0 radical (unpaired) electrons. The number of anilines is 1. The molecule has 15 heavy (non-hydrogen) atoms. The predicted molar refractivity (Wildman–Crippen MR) is 68.8 cm³/mol. The molecule has 1 heterocycles. The van der Waals surface area contributed by atoms with Gasteiger partial charge < -0.3 is 4.90 Å². The summed E-state index contributed by atoms with van der Waals surface area (Å²) in [6.07, 6.45) is 0.798. The third-order valence-electron chi connectivity index (χ3n) is 2.34. The van der Waals surface area contributed by atoms with Gasteiger partial charge in [-0.3, -0.25) is 4.79 Å². The average Bonchev–Trinajstić information content (AvgIpc) is 2.49. The van der Waals surface area contributed by atoms with E-state index in [2.05, 4.69) is 15.9 Å². The second-order valence-corrected chi connectivity index (χ2v) is 5.61. The van der Waals surface area contributed by atoms with Gasteiger partial charge in [-0.15, -0.1) is 0 Å². The van der Waals surface area contributed by atoms with Crippen molar-refractivity contribution >= 4 is 50.1 Å². The number of benzene rings is 1. The van der Waals surface area contributed by atoms with E-state index in [1.807, 2.05) is 22.6 Å². The van der Waals surface area contributed by atoms with E-state index < -0.39 is 0 Å². The van der Waals surface area contributed by atoms with E-state index in [-0.39, 0.29) is 16.6 Å². The summed E-state index contributed by atoms with van der Waals surface area (Å²) in [7, 11) is 0. The molecule has 1 fully saturated rings. The minimum atomic E-state index is -0.273. The van der Waals surface area contributed by atoms with Crippen molar-refractivity contribution in [2.45, 2.75) is 11.2 Å². The Kier molecular flexibility index (Phi) is 3.30. The summed E-state index contributed by atoms with van der Waals surface area (Å²) in [5.74, 6) is -0.218. The monoisotopic (exact) mass is 383 g/mol. The first kappa shape index (κ1) is 11.3. The number of rotatable bonds is 1. The van der Waals surface area contributed by atoms with Crippen LogP contribution in [0.1, 0.15) is 6.42 Å². The maximum atomic E-state index is 12.9. The molecule has 1 atom stereocenters. The molecule has 0 bridgehead atoms. The standard InChI is InChI=1S/C10H8BrFINO/c11-7-3-4-14(10(7)15)9-2-1-6(12)5-8(9)13/h1-2,5,7H,3-4H2. The summed E-state index contributed by atoms with van der Waals surface area (Å²) >= 11 is 5.36. The van der Waals surface area contributed by atoms with E-state index in [0.29, 0.717) is 6.54 Å².